The van der Waals surface area contributed by atoms with Crippen molar-refractivity contribution in [3.63, 3.8) is 0 Å². The molecule has 0 aliphatic carbocycles. The molecule has 1 aliphatic heterocycles. The number of piperazine rings is 1. The summed E-state index contributed by atoms with van der Waals surface area (Å²) in [7, 11) is 0. The Morgan fingerprint density at radius 2 is 1.46 bits per heavy atom. The van der Waals surface area contributed by atoms with Gasteiger partial charge in [-0.25, -0.2) is 0 Å². The number of benzene rings is 2. The third-order valence-corrected chi connectivity index (χ3v) is 5.61. The second-order valence-electron chi connectivity index (χ2n) is 7.57. The maximum Gasteiger partial charge on any atom is 0.255 e. The Balaban J connectivity index is 1.50. The lowest BCUT2D eigenvalue weighted by molar-refractivity contribution is 0.0746. The molecule has 0 radical (unpaired) electrons. The van der Waals surface area contributed by atoms with E-state index in [2.05, 4.69) is 59.7 Å². The molecule has 4 heteroatoms. The van der Waals surface area contributed by atoms with Gasteiger partial charge in [0.15, 0.2) is 0 Å². The van der Waals surface area contributed by atoms with Gasteiger partial charge in [0, 0.05) is 48.9 Å². The fourth-order valence-electron chi connectivity index (χ4n) is 4.12. The van der Waals surface area contributed by atoms with Crippen molar-refractivity contribution in [2.24, 2.45) is 0 Å². The van der Waals surface area contributed by atoms with Crippen molar-refractivity contribution < 1.29 is 4.79 Å². The molecular formula is C24H27N3O. The number of nitrogens with zero attached hydrogens (tertiary/aromatic N) is 3. The van der Waals surface area contributed by atoms with Crippen LogP contribution < -0.4 is 4.90 Å². The molecule has 1 amide bonds. The predicted octanol–water partition coefficient (Wildman–Crippen LogP) is 4.36. The van der Waals surface area contributed by atoms with E-state index in [1.807, 2.05) is 36.1 Å². The Hall–Kier alpha value is -3.01. The van der Waals surface area contributed by atoms with Crippen molar-refractivity contribution in [2.75, 3.05) is 31.1 Å². The van der Waals surface area contributed by atoms with Gasteiger partial charge in [0.05, 0.1) is 5.56 Å². The molecule has 0 N–H and O–H groups in total. The third kappa shape index (κ3) is 3.42. The standard InChI is InChI=1S/C24H27N3O/c1-18-8-7-11-22(16-18)25-12-14-26(15-13-25)24(28)23-17-19(2)27(20(23)3)21-9-5-4-6-10-21/h4-11,16-17H,12-15H2,1-3H3. The van der Waals surface area contributed by atoms with Gasteiger partial charge in [-0.2, -0.15) is 0 Å². The summed E-state index contributed by atoms with van der Waals surface area (Å²) >= 11 is 0. The summed E-state index contributed by atoms with van der Waals surface area (Å²) in [4.78, 5) is 17.6. The molecule has 1 fully saturated rings. The maximum absolute atomic E-state index is 13.2. The van der Waals surface area contributed by atoms with Crippen molar-refractivity contribution in [1.29, 1.82) is 0 Å². The molecule has 0 saturated carbocycles. The number of anilines is 1. The summed E-state index contributed by atoms with van der Waals surface area (Å²) in [6.07, 6.45) is 0. The number of hydrogen-bond acceptors (Lipinski definition) is 2. The molecule has 4 rings (SSSR count). The molecule has 3 aromatic rings. The van der Waals surface area contributed by atoms with Crippen molar-refractivity contribution in [2.45, 2.75) is 20.8 Å². The minimum absolute atomic E-state index is 0.138. The van der Waals surface area contributed by atoms with Crippen LogP contribution in [0.15, 0.2) is 60.7 Å². The summed E-state index contributed by atoms with van der Waals surface area (Å²) < 4.78 is 2.16. The Kier molecular flexibility index (Phi) is 4.95. The largest absolute Gasteiger partial charge is 0.368 e. The van der Waals surface area contributed by atoms with Gasteiger partial charge in [-0.3, -0.25) is 4.79 Å². The molecule has 0 spiro atoms. The van der Waals surface area contributed by atoms with Crippen LogP contribution in [0.5, 0.6) is 0 Å². The first-order valence-corrected chi connectivity index (χ1v) is 9.90. The van der Waals surface area contributed by atoms with Crippen LogP contribution in [0, 0.1) is 20.8 Å². The average molecular weight is 374 g/mol. The topological polar surface area (TPSA) is 28.5 Å². The predicted molar refractivity (Wildman–Crippen MR) is 115 cm³/mol. The second kappa shape index (κ2) is 7.55. The Morgan fingerprint density at radius 3 is 2.14 bits per heavy atom. The van der Waals surface area contributed by atoms with Crippen LogP contribution in [0.2, 0.25) is 0 Å². The van der Waals surface area contributed by atoms with E-state index in [0.29, 0.717) is 0 Å². The minimum atomic E-state index is 0.138. The van der Waals surface area contributed by atoms with E-state index < -0.39 is 0 Å². The van der Waals surface area contributed by atoms with Gasteiger partial charge in [-0.15, -0.1) is 0 Å². The monoisotopic (exact) mass is 373 g/mol. The first kappa shape index (κ1) is 18.4. The van der Waals surface area contributed by atoms with E-state index in [9.17, 15) is 4.79 Å². The molecule has 144 valence electrons. The molecule has 4 nitrogen and oxygen atoms in total. The molecule has 0 unspecified atom stereocenters. The van der Waals surface area contributed by atoms with E-state index >= 15 is 0 Å². The Bertz CT molecular complexity index is 982. The molecule has 1 aromatic heterocycles. The number of amides is 1. The fraction of sp³-hybridized carbons (Fsp3) is 0.292. The molecule has 2 heterocycles. The highest BCUT2D eigenvalue weighted by atomic mass is 16.2. The zero-order valence-corrected chi connectivity index (χ0v) is 16.9. The van der Waals surface area contributed by atoms with Gasteiger partial charge in [0.25, 0.3) is 5.91 Å². The van der Waals surface area contributed by atoms with Crippen LogP contribution in [0.1, 0.15) is 27.3 Å². The molecule has 1 saturated heterocycles. The lowest BCUT2D eigenvalue weighted by Crippen LogP contribution is -2.48. The first-order valence-electron chi connectivity index (χ1n) is 9.90. The molecule has 2 aromatic carbocycles. The quantitative estimate of drug-likeness (QED) is 0.682. The van der Waals surface area contributed by atoms with E-state index in [1.165, 1.54) is 11.3 Å². The minimum Gasteiger partial charge on any atom is -0.368 e. The van der Waals surface area contributed by atoms with E-state index in [4.69, 9.17) is 0 Å². The van der Waals surface area contributed by atoms with Gasteiger partial charge in [-0.05, 0) is 56.7 Å². The van der Waals surface area contributed by atoms with E-state index in [0.717, 1.165) is 48.8 Å². The zero-order valence-electron chi connectivity index (χ0n) is 16.9. The SMILES string of the molecule is Cc1cccc(N2CCN(C(=O)c3cc(C)n(-c4ccccc4)c3C)CC2)c1. The lowest BCUT2D eigenvalue weighted by atomic mass is 10.1. The number of rotatable bonds is 3. The number of aromatic nitrogens is 1. The van der Waals surface area contributed by atoms with Gasteiger partial charge >= 0.3 is 0 Å². The smallest absolute Gasteiger partial charge is 0.255 e. The van der Waals surface area contributed by atoms with Crippen LogP contribution in [0.25, 0.3) is 5.69 Å². The van der Waals surface area contributed by atoms with Crippen molar-refractivity contribution in [3.05, 3.63) is 83.2 Å². The highest BCUT2D eigenvalue weighted by Gasteiger charge is 2.25. The second-order valence-corrected chi connectivity index (χ2v) is 7.57. The fourth-order valence-corrected chi connectivity index (χ4v) is 4.12. The summed E-state index contributed by atoms with van der Waals surface area (Å²) in [5, 5.41) is 0. The molecule has 0 bridgehead atoms. The van der Waals surface area contributed by atoms with Gasteiger partial charge < -0.3 is 14.4 Å². The summed E-state index contributed by atoms with van der Waals surface area (Å²) in [5.74, 6) is 0.138. The highest BCUT2D eigenvalue weighted by Crippen LogP contribution is 2.23. The number of hydrogen-bond donors (Lipinski definition) is 0. The van der Waals surface area contributed by atoms with Crippen LogP contribution in [-0.2, 0) is 0 Å². The van der Waals surface area contributed by atoms with Crippen molar-refractivity contribution >= 4 is 11.6 Å². The molecule has 28 heavy (non-hydrogen) atoms. The normalized spacial score (nSPS) is 14.4. The summed E-state index contributed by atoms with van der Waals surface area (Å²) in [6, 6.07) is 20.8. The zero-order chi connectivity index (χ0) is 19.7. The summed E-state index contributed by atoms with van der Waals surface area (Å²) in [5.41, 5.74) is 6.52. The van der Waals surface area contributed by atoms with E-state index in [-0.39, 0.29) is 5.91 Å². The van der Waals surface area contributed by atoms with E-state index in [1.54, 1.807) is 0 Å². The van der Waals surface area contributed by atoms with Gasteiger partial charge in [0.2, 0.25) is 0 Å². The molecule has 0 atom stereocenters. The number of carbonyl (C=O) groups is 1. The lowest BCUT2D eigenvalue weighted by Gasteiger charge is -2.36. The number of para-hydroxylation sites is 1. The number of carbonyl (C=O) groups excluding carboxylic acids is 1. The summed E-state index contributed by atoms with van der Waals surface area (Å²) in [6.45, 7) is 9.46. The highest BCUT2D eigenvalue weighted by molar-refractivity contribution is 5.96. The molecular weight excluding hydrogens is 346 g/mol. The Morgan fingerprint density at radius 1 is 0.786 bits per heavy atom. The number of aryl methyl sites for hydroxylation is 2. The van der Waals surface area contributed by atoms with Crippen LogP contribution in [0.3, 0.4) is 0 Å². The van der Waals surface area contributed by atoms with Crippen molar-refractivity contribution in [1.82, 2.24) is 9.47 Å². The Labute approximate surface area is 167 Å². The van der Waals surface area contributed by atoms with Gasteiger partial charge in [0.1, 0.15) is 0 Å². The van der Waals surface area contributed by atoms with Gasteiger partial charge in [-0.1, -0.05) is 30.3 Å². The first-order chi connectivity index (χ1) is 13.5. The molecule has 1 aliphatic rings. The maximum atomic E-state index is 13.2. The van der Waals surface area contributed by atoms with Crippen LogP contribution in [0.4, 0.5) is 5.69 Å². The third-order valence-electron chi connectivity index (χ3n) is 5.61. The van der Waals surface area contributed by atoms with Crippen LogP contribution in [-0.4, -0.2) is 41.6 Å². The van der Waals surface area contributed by atoms with Crippen LogP contribution >= 0.6 is 0 Å². The van der Waals surface area contributed by atoms with Crippen molar-refractivity contribution in [3.8, 4) is 5.69 Å². The average Bonchev–Trinajstić information content (AvgIpc) is 3.02.